The molecule has 0 heterocycles. The molecule has 28 heavy (non-hydrogen) atoms. The Morgan fingerprint density at radius 1 is 0.679 bits per heavy atom. The Balaban J connectivity index is 2.73. The van der Waals surface area contributed by atoms with E-state index in [9.17, 15) is 44.7 Å². The SMILES string of the molecule is O=C(O)C(F)(F)C(F)(F)OCc1ccc(COC(F)(F)C(F)(F)C(=O)O)cc1. The van der Waals surface area contributed by atoms with E-state index in [4.69, 9.17) is 10.2 Å². The number of halogens is 8. The van der Waals surface area contributed by atoms with Crippen LogP contribution in [-0.2, 0) is 32.3 Å². The van der Waals surface area contributed by atoms with Crippen LogP contribution in [0.15, 0.2) is 24.3 Å². The van der Waals surface area contributed by atoms with Crippen molar-refractivity contribution in [2.75, 3.05) is 0 Å². The molecule has 0 radical (unpaired) electrons. The predicted molar refractivity (Wildman–Crippen MR) is 71.1 cm³/mol. The van der Waals surface area contributed by atoms with Crippen molar-refractivity contribution in [3.05, 3.63) is 35.4 Å². The summed E-state index contributed by atoms with van der Waals surface area (Å²) >= 11 is 0. The number of carboxylic acids is 2. The summed E-state index contributed by atoms with van der Waals surface area (Å²) < 4.78 is 111. The van der Waals surface area contributed by atoms with Gasteiger partial charge in [0.25, 0.3) is 0 Å². The minimum Gasteiger partial charge on any atom is -0.477 e. The summed E-state index contributed by atoms with van der Waals surface area (Å²) in [5, 5.41) is 16.1. The molecule has 0 aromatic heterocycles. The molecule has 0 aliphatic heterocycles. The highest BCUT2D eigenvalue weighted by Gasteiger charge is 2.65. The number of benzene rings is 1. The van der Waals surface area contributed by atoms with E-state index in [1.807, 2.05) is 0 Å². The van der Waals surface area contributed by atoms with Gasteiger partial charge in [-0.2, -0.15) is 35.1 Å². The summed E-state index contributed by atoms with van der Waals surface area (Å²) in [6.45, 7) is -2.41. The van der Waals surface area contributed by atoms with Crippen LogP contribution in [0, 0.1) is 0 Å². The molecule has 0 aliphatic carbocycles. The van der Waals surface area contributed by atoms with Crippen molar-refractivity contribution in [2.45, 2.75) is 37.3 Å². The molecule has 1 aromatic rings. The lowest BCUT2D eigenvalue weighted by molar-refractivity contribution is -0.343. The largest absolute Gasteiger partial charge is 0.477 e. The van der Waals surface area contributed by atoms with Crippen molar-refractivity contribution in [1.29, 1.82) is 0 Å². The molecule has 0 unspecified atom stereocenters. The lowest BCUT2D eigenvalue weighted by atomic mass is 10.1. The second-order valence-electron chi connectivity index (χ2n) is 5.19. The zero-order valence-corrected chi connectivity index (χ0v) is 13.3. The first-order chi connectivity index (χ1) is 12.5. The van der Waals surface area contributed by atoms with E-state index >= 15 is 0 Å². The highest BCUT2D eigenvalue weighted by atomic mass is 19.3. The van der Waals surface area contributed by atoms with Gasteiger partial charge in [0.05, 0.1) is 13.2 Å². The summed E-state index contributed by atoms with van der Waals surface area (Å²) in [7, 11) is 0. The fraction of sp³-hybridized carbons (Fsp3) is 0.429. The maximum atomic E-state index is 13.1. The smallest absolute Gasteiger partial charge is 0.431 e. The molecular formula is C14H10F8O6. The topological polar surface area (TPSA) is 93.1 Å². The summed E-state index contributed by atoms with van der Waals surface area (Å²) in [6, 6.07) is 3.56. The van der Waals surface area contributed by atoms with E-state index in [-0.39, 0.29) is 11.1 Å². The Hall–Kier alpha value is -2.48. The minimum atomic E-state index is -5.51. The van der Waals surface area contributed by atoms with Gasteiger partial charge in [-0.05, 0) is 11.1 Å². The van der Waals surface area contributed by atoms with Crippen LogP contribution in [-0.4, -0.2) is 46.2 Å². The highest BCUT2D eigenvalue weighted by Crippen LogP contribution is 2.37. The number of alkyl halides is 8. The van der Waals surface area contributed by atoms with Crippen LogP contribution < -0.4 is 0 Å². The Bertz CT molecular complexity index is 658. The van der Waals surface area contributed by atoms with Crippen LogP contribution in [0.1, 0.15) is 11.1 Å². The van der Waals surface area contributed by atoms with Crippen LogP contribution in [0.2, 0.25) is 0 Å². The van der Waals surface area contributed by atoms with Crippen molar-refractivity contribution in [3.8, 4) is 0 Å². The fourth-order valence-corrected chi connectivity index (χ4v) is 1.51. The number of hydrogen-bond acceptors (Lipinski definition) is 4. The van der Waals surface area contributed by atoms with Crippen LogP contribution in [0.25, 0.3) is 0 Å². The molecule has 0 atom stereocenters. The Morgan fingerprint density at radius 2 is 0.929 bits per heavy atom. The monoisotopic (exact) mass is 426 g/mol. The second-order valence-corrected chi connectivity index (χ2v) is 5.19. The van der Waals surface area contributed by atoms with Crippen LogP contribution in [0.3, 0.4) is 0 Å². The number of ether oxygens (including phenoxy) is 2. The normalized spacial score (nSPS) is 13.4. The van der Waals surface area contributed by atoms with Gasteiger partial charge >= 0.3 is 36.0 Å². The second kappa shape index (κ2) is 7.87. The van der Waals surface area contributed by atoms with Gasteiger partial charge in [0.1, 0.15) is 0 Å². The number of carboxylic acid groups (broad SMARTS) is 2. The fourth-order valence-electron chi connectivity index (χ4n) is 1.51. The Kier molecular flexibility index (Phi) is 6.62. The first-order valence-electron chi connectivity index (χ1n) is 6.88. The van der Waals surface area contributed by atoms with Gasteiger partial charge in [-0.15, -0.1) is 0 Å². The van der Waals surface area contributed by atoms with Crippen LogP contribution >= 0.6 is 0 Å². The molecule has 1 aromatic carbocycles. The molecule has 158 valence electrons. The molecule has 0 saturated heterocycles. The van der Waals surface area contributed by atoms with Gasteiger partial charge in [-0.3, -0.25) is 0 Å². The highest BCUT2D eigenvalue weighted by molar-refractivity contribution is 5.76. The number of rotatable bonds is 10. The third kappa shape index (κ3) is 4.86. The van der Waals surface area contributed by atoms with Crippen molar-refractivity contribution in [1.82, 2.24) is 0 Å². The van der Waals surface area contributed by atoms with Gasteiger partial charge in [-0.25, -0.2) is 9.59 Å². The molecule has 6 nitrogen and oxygen atoms in total. The lowest BCUT2D eigenvalue weighted by Gasteiger charge is -2.23. The molecule has 2 N–H and O–H groups in total. The summed E-state index contributed by atoms with van der Waals surface area (Å²) in [4.78, 5) is 20.2. The summed E-state index contributed by atoms with van der Waals surface area (Å²) in [5.74, 6) is -17.3. The van der Waals surface area contributed by atoms with Crippen molar-refractivity contribution < 1.29 is 64.4 Å². The van der Waals surface area contributed by atoms with Gasteiger partial charge < -0.3 is 19.7 Å². The Morgan fingerprint density at radius 3 is 1.14 bits per heavy atom. The molecule has 14 heteroatoms. The first-order valence-corrected chi connectivity index (χ1v) is 6.88. The van der Waals surface area contributed by atoms with Gasteiger partial charge in [-0.1, -0.05) is 24.3 Å². The standard InChI is InChI=1S/C14H10F8O6/c15-11(16,9(23)24)13(19,20)27-5-7-1-2-8(4-3-7)6-28-14(21,22)12(17,18)10(25)26/h1-4H,5-6H2,(H,23,24)(H,25,26). The Labute approximate surface area is 150 Å². The third-order valence-electron chi connectivity index (χ3n) is 3.13. The molecule has 0 aliphatic rings. The molecule has 0 amide bonds. The molecule has 0 saturated carbocycles. The number of aliphatic carboxylic acids is 2. The summed E-state index contributed by atoms with van der Waals surface area (Å²) in [6.07, 6.45) is -10.7. The van der Waals surface area contributed by atoms with Gasteiger partial charge in [0, 0.05) is 0 Å². The quantitative estimate of drug-likeness (QED) is 0.558. The average Bonchev–Trinajstić information content (AvgIpc) is 2.58. The predicted octanol–water partition coefficient (Wildman–Crippen LogP) is 3.35. The van der Waals surface area contributed by atoms with Crippen molar-refractivity contribution in [3.63, 3.8) is 0 Å². The van der Waals surface area contributed by atoms with Gasteiger partial charge in [0.2, 0.25) is 0 Å². The van der Waals surface area contributed by atoms with E-state index in [0.717, 1.165) is 24.3 Å². The van der Waals surface area contributed by atoms with Crippen molar-refractivity contribution >= 4 is 11.9 Å². The lowest BCUT2D eigenvalue weighted by Crippen LogP contribution is -2.48. The molecular weight excluding hydrogens is 416 g/mol. The van der Waals surface area contributed by atoms with E-state index in [1.165, 1.54) is 0 Å². The van der Waals surface area contributed by atoms with Gasteiger partial charge in [0.15, 0.2) is 0 Å². The zero-order chi connectivity index (χ0) is 22.0. The third-order valence-corrected chi connectivity index (χ3v) is 3.13. The van der Waals surface area contributed by atoms with Crippen molar-refractivity contribution in [2.24, 2.45) is 0 Å². The van der Waals surface area contributed by atoms with E-state index in [1.54, 1.807) is 0 Å². The first kappa shape index (κ1) is 23.6. The van der Waals surface area contributed by atoms with Crippen LogP contribution in [0.5, 0.6) is 0 Å². The number of carbonyl (C=O) groups is 2. The molecule has 0 fully saturated rings. The zero-order valence-electron chi connectivity index (χ0n) is 13.3. The average molecular weight is 426 g/mol. The minimum absolute atomic E-state index is 0.229. The van der Waals surface area contributed by atoms with E-state index in [0.29, 0.717) is 0 Å². The van der Waals surface area contributed by atoms with Crippen LogP contribution in [0.4, 0.5) is 35.1 Å². The van der Waals surface area contributed by atoms with E-state index in [2.05, 4.69) is 9.47 Å². The maximum Gasteiger partial charge on any atom is 0.431 e. The van der Waals surface area contributed by atoms with E-state index < -0.39 is 49.2 Å². The molecule has 0 spiro atoms. The maximum absolute atomic E-state index is 13.1. The summed E-state index contributed by atoms with van der Waals surface area (Å²) in [5.41, 5.74) is -0.459. The molecule has 0 bridgehead atoms. The number of hydrogen-bond donors (Lipinski definition) is 2. The molecule has 1 rings (SSSR count).